The molecule has 1 aliphatic rings. The quantitative estimate of drug-likeness (QED) is 0.707. The minimum Gasteiger partial charge on any atom is -0.354 e. The van der Waals surface area contributed by atoms with E-state index < -0.39 is 16.1 Å². The maximum Gasteiger partial charge on any atom is 0.262 e. The second-order valence-electron chi connectivity index (χ2n) is 7.40. The fourth-order valence-electron chi connectivity index (χ4n) is 3.60. The van der Waals surface area contributed by atoms with E-state index in [1.165, 1.54) is 12.1 Å². The van der Waals surface area contributed by atoms with Gasteiger partial charge in [0, 0.05) is 24.3 Å². The molecule has 1 atom stereocenters. The van der Waals surface area contributed by atoms with Crippen molar-refractivity contribution in [3.05, 3.63) is 59.7 Å². The molecular formula is C22H27N3O4S. The SMILES string of the molecule is CCCNC(=O)C1CCCN1C(=O)c1cccc(NS(=O)(=O)c2ccccc2C)c1. The van der Waals surface area contributed by atoms with E-state index in [0.29, 0.717) is 36.3 Å². The Kier molecular flexibility index (Phi) is 6.77. The first-order chi connectivity index (χ1) is 14.3. The first-order valence-electron chi connectivity index (χ1n) is 10.1. The van der Waals surface area contributed by atoms with Crippen molar-refractivity contribution in [1.82, 2.24) is 10.2 Å². The van der Waals surface area contributed by atoms with Gasteiger partial charge >= 0.3 is 0 Å². The molecule has 1 heterocycles. The zero-order valence-electron chi connectivity index (χ0n) is 17.2. The minimum atomic E-state index is -3.78. The summed E-state index contributed by atoms with van der Waals surface area (Å²) in [5.74, 6) is -0.416. The van der Waals surface area contributed by atoms with Gasteiger partial charge in [-0.1, -0.05) is 31.2 Å². The standard InChI is InChI=1S/C22H27N3O4S/c1-3-13-23-21(26)19-11-7-14-25(19)22(27)17-9-6-10-18(15-17)24-30(28,29)20-12-5-4-8-16(20)2/h4-6,8-10,12,15,19,24H,3,7,11,13-14H2,1-2H3,(H,23,26). The second-order valence-corrected chi connectivity index (χ2v) is 9.05. The molecule has 2 aromatic rings. The van der Waals surface area contributed by atoms with Crippen molar-refractivity contribution in [2.45, 2.75) is 44.0 Å². The van der Waals surface area contributed by atoms with Gasteiger partial charge in [0.15, 0.2) is 0 Å². The molecule has 30 heavy (non-hydrogen) atoms. The number of benzene rings is 2. The van der Waals surface area contributed by atoms with Crippen LogP contribution in [0.25, 0.3) is 0 Å². The predicted molar refractivity (Wildman–Crippen MR) is 116 cm³/mol. The van der Waals surface area contributed by atoms with Crippen LogP contribution in [-0.2, 0) is 14.8 Å². The van der Waals surface area contributed by atoms with Gasteiger partial charge in [0.05, 0.1) is 4.90 Å². The summed E-state index contributed by atoms with van der Waals surface area (Å²) in [4.78, 5) is 27.2. The maximum atomic E-state index is 13.0. The Morgan fingerprint density at radius 3 is 2.63 bits per heavy atom. The van der Waals surface area contributed by atoms with Crippen LogP contribution in [0.15, 0.2) is 53.4 Å². The minimum absolute atomic E-state index is 0.140. The molecule has 1 unspecified atom stereocenters. The Hall–Kier alpha value is -2.87. The van der Waals surface area contributed by atoms with E-state index in [0.717, 1.165) is 12.8 Å². The highest BCUT2D eigenvalue weighted by Crippen LogP contribution is 2.23. The number of carbonyl (C=O) groups is 2. The molecule has 0 spiro atoms. The molecule has 0 aliphatic carbocycles. The topological polar surface area (TPSA) is 95.6 Å². The van der Waals surface area contributed by atoms with Gasteiger partial charge in [-0.25, -0.2) is 8.42 Å². The van der Waals surface area contributed by atoms with Crippen LogP contribution in [0.1, 0.15) is 42.1 Å². The Labute approximate surface area is 177 Å². The fourth-order valence-corrected chi connectivity index (χ4v) is 4.89. The predicted octanol–water partition coefficient (Wildman–Crippen LogP) is 2.93. The average molecular weight is 430 g/mol. The molecule has 0 bridgehead atoms. The van der Waals surface area contributed by atoms with Crippen molar-refractivity contribution in [1.29, 1.82) is 0 Å². The van der Waals surface area contributed by atoms with Crippen LogP contribution in [-0.4, -0.2) is 44.3 Å². The number of amides is 2. The lowest BCUT2D eigenvalue weighted by Gasteiger charge is -2.24. The van der Waals surface area contributed by atoms with E-state index in [1.807, 2.05) is 6.92 Å². The Bertz CT molecular complexity index is 1040. The first kappa shape index (κ1) is 21.8. The lowest BCUT2D eigenvalue weighted by Crippen LogP contribution is -2.46. The molecule has 1 aliphatic heterocycles. The highest BCUT2D eigenvalue weighted by Gasteiger charge is 2.34. The van der Waals surface area contributed by atoms with Gasteiger partial charge in [0.25, 0.3) is 15.9 Å². The molecule has 1 fully saturated rings. The normalized spacial score (nSPS) is 16.3. The van der Waals surface area contributed by atoms with Gasteiger partial charge in [-0.05, 0) is 56.0 Å². The monoisotopic (exact) mass is 429 g/mol. The number of anilines is 1. The third-order valence-electron chi connectivity index (χ3n) is 5.11. The summed E-state index contributed by atoms with van der Waals surface area (Å²) in [7, 11) is -3.78. The van der Waals surface area contributed by atoms with Crippen molar-refractivity contribution in [2.24, 2.45) is 0 Å². The van der Waals surface area contributed by atoms with Gasteiger partial charge < -0.3 is 10.2 Å². The molecule has 0 radical (unpaired) electrons. The fraction of sp³-hybridized carbons (Fsp3) is 0.364. The van der Waals surface area contributed by atoms with Gasteiger partial charge in [-0.15, -0.1) is 0 Å². The maximum absolute atomic E-state index is 13.0. The molecule has 2 N–H and O–H groups in total. The smallest absolute Gasteiger partial charge is 0.262 e. The summed E-state index contributed by atoms with van der Waals surface area (Å²) >= 11 is 0. The largest absolute Gasteiger partial charge is 0.354 e. The van der Waals surface area contributed by atoms with Crippen LogP contribution >= 0.6 is 0 Å². The van der Waals surface area contributed by atoms with Crippen LogP contribution in [0.3, 0.4) is 0 Å². The van der Waals surface area contributed by atoms with E-state index in [2.05, 4.69) is 10.0 Å². The van der Waals surface area contributed by atoms with Crippen molar-refractivity contribution in [3.63, 3.8) is 0 Å². The Morgan fingerprint density at radius 1 is 1.13 bits per heavy atom. The molecule has 2 aromatic carbocycles. The number of nitrogens with zero attached hydrogens (tertiary/aromatic N) is 1. The summed E-state index contributed by atoms with van der Waals surface area (Å²) in [5, 5.41) is 2.85. The number of nitrogens with one attached hydrogen (secondary N) is 2. The lowest BCUT2D eigenvalue weighted by atomic mass is 10.1. The number of rotatable bonds is 7. The van der Waals surface area contributed by atoms with Crippen LogP contribution in [0.2, 0.25) is 0 Å². The van der Waals surface area contributed by atoms with Crippen molar-refractivity contribution >= 4 is 27.5 Å². The molecule has 0 aromatic heterocycles. The van der Waals surface area contributed by atoms with E-state index in [1.54, 1.807) is 48.2 Å². The van der Waals surface area contributed by atoms with Gasteiger partial charge in [-0.3, -0.25) is 14.3 Å². The Morgan fingerprint density at radius 2 is 1.90 bits per heavy atom. The summed E-state index contributed by atoms with van der Waals surface area (Å²) < 4.78 is 28.0. The third-order valence-corrected chi connectivity index (χ3v) is 6.65. The van der Waals surface area contributed by atoms with Crippen molar-refractivity contribution in [2.75, 3.05) is 17.8 Å². The van der Waals surface area contributed by atoms with E-state index in [9.17, 15) is 18.0 Å². The number of hydrogen-bond acceptors (Lipinski definition) is 4. The van der Waals surface area contributed by atoms with Crippen molar-refractivity contribution < 1.29 is 18.0 Å². The number of hydrogen-bond donors (Lipinski definition) is 2. The molecule has 2 amide bonds. The number of likely N-dealkylation sites (tertiary alicyclic amines) is 1. The summed E-state index contributed by atoms with van der Waals surface area (Å²) in [6.45, 7) is 4.78. The molecule has 8 heteroatoms. The summed E-state index contributed by atoms with van der Waals surface area (Å²) in [6, 6.07) is 12.6. The molecule has 1 saturated heterocycles. The summed E-state index contributed by atoms with van der Waals surface area (Å²) in [5.41, 5.74) is 1.28. The average Bonchev–Trinajstić information content (AvgIpc) is 3.21. The molecule has 3 rings (SSSR count). The van der Waals surface area contributed by atoms with Crippen LogP contribution in [0.4, 0.5) is 5.69 Å². The Balaban J connectivity index is 1.79. The highest BCUT2D eigenvalue weighted by molar-refractivity contribution is 7.92. The van der Waals surface area contributed by atoms with Gasteiger partial charge in [0.1, 0.15) is 6.04 Å². The zero-order chi connectivity index (χ0) is 21.7. The zero-order valence-corrected chi connectivity index (χ0v) is 18.0. The second kappa shape index (κ2) is 9.30. The van der Waals surface area contributed by atoms with Crippen molar-refractivity contribution in [3.8, 4) is 0 Å². The lowest BCUT2D eigenvalue weighted by molar-refractivity contribution is -0.124. The first-order valence-corrected chi connectivity index (χ1v) is 11.6. The van der Waals surface area contributed by atoms with Crippen LogP contribution in [0.5, 0.6) is 0 Å². The molecular weight excluding hydrogens is 402 g/mol. The van der Waals surface area contributed by atoms with E-state index in [-0.39, 0.29) is 16.7 Å². The molecule has 0 saturated carbocycles. The van der Waals surface area contributed by atoms with Crippen LogP contribution < -0.4 is 10.0 Å². The summed E-state index contributed by atoms with van der Waals surface area (Å²) in [6.07, 6.45) is 2.21. The van der Waals surface area contributed by atoms with Crippen LogP contribution in [0, 0.1) is 6.92 Å². The van der Waals surface area contributed by atoms with E-state index >= 15 is 0 Å². The van der Waals surface area contributed by atoms with Gasteiger partial charge in [0.2, 0.25) is 5.91 Å². The third kappa shape index (κ3) is 4.81. The van der Waals surface area contributed by atoms with Gasteiger partial charge in [-0.2, -0.15) is 0 Å². The highest BCUT2D eigenvalue weighted by atomic mass is 32.2. The molecule has 160 valence electrons. The number of carbonyl (C=O) groups excluding carboxylic acids is 2. The number of sulfonamides is 1. The van der Waals surface area contributed by atoms with E-state index in [4.69, 9.17) is 0 Å². The number of aryl methyl sites for hydroxylation is 1. The molecule has 7 nitrogen and oxygen atoms in total.